The number of pyridine rings is 2. The minimum absolute atomic E-state index is 0.0547. The smallest absolute Gasteiger partial charge is 0.255 e. The molecule has 0 aliphatic rings. The first kappa shape index (κ1) is 23.0. The lowest BCUT2D eigenvalue weighted by Gasteiger charge is -2.22. The molecule has 34 heavy (non-hydrogen) atoms. The van der Waals surface area contributed by atoms with Gasteiger partial charge < -0.3 is 15.1 Å². The van der Waals surface area contributed by atoms with Crippen molar-refractivity contribution in [2.45, 2.75) is 0 Å². The van der Waals surface area contributed by atoms with Gasteiger partial charge in [-0.1, -0.05) is 17.7 Å². The molecule has 0 fully saturated rings. The predicted octanol–water partition coefficient (Wildman–Crippen LogP) is 5.51. The van der Waals surface area contributed by atoms with Gasteiger partial charge in [-0.3, -0.25) is 9.78 Å². The largest absolute Gasteiger partial charge is 0.354 e. The summed E-state index contributed by atoms with van der Waals surface area (Å²) in [4.78, 5) is 25.2. The van der Waals surface area contributed by atoms with Gasteiger partial charge in [0, 0.05) is 50.3 Å². The van der Waals surface area contributed by atoms with E-state index in [-0.39, 0.29) is 16.5 Å². The summed E-state index contributed by atoms with van der Waals surface area (Å²) < 4.78 is 13.7. The van der Waals surface area contributed by atoms with Gasteiger partial charge >= 0.3 is 0 Å². The fraction of sp³-hybridized carbons (Fsp3) is 0.120. The number of carbonyl (C=O) groups is 1. The zero-order valence-electron chi connectivity index (χ0n) is 18.7. The molecule has 0 bridgehead atoms. The van der Waals surface area contributed by atoms with Gasteiger partial charge in [-0.2, -0.15) is 5.26 Å². The van der Waals surface area contributed by atoms with Crippen LogP contribution in [0.5, 0.6) is 0 Å². The van der Waals surface area contributed by atoms with Gasteiger partial charge in [0.2, 0.25) is 0 Å². The summed E-state index contributed by atoms with van der Waals surface area (Å²) >= 11 is 5.95. The highest BCUT2D eigenvalue weighted by Crippen LogP contribution is 2.36. The van der Waals surface area contributed by atoms with Crippen molar-refractivity contribution >= 4 is 51.3 Å². The molecular formula is C25H20ClFN6O. The van der Waals surface area contributed by atoms with Gasteiger partial charge in [-0.05, 0) is 42.5 Å². The fourth-order valence-electron chi connectivity index (χ4n) is 3.51. The van der Waals surface area contributed by atoms with E-state index < -0.39 is 5.82 Å². The van der Waals surface area contributed by atoms with E-state index in [0.717, 1.165) is 0 Å². The van der Waals surface area contributed by atoms with Crippen LogP contribution < -0.4 is 10.2 Å². The highest BCUT2D eigenvalue weighted by Gasteiger charge is 2.21. The summed E-state index contributed by atoms with van der Waals surface area (Å²) in [6, 6.07) is 15.4. The van der Waals surface area contributed by atoms with E-state index in [9.17, 15) is 14.4 Å². The van der Waals surface area contributed by atoms with Crippen molar-refractivity contribution in [3.05, 3.63) is 82.9 Å². The van der Waals surface area contributed by atoms with Crippen LogP contribution in [0.1, 0.15) is 15.9 Å². The first-order valence-corrected chi connectivity index (χ1v) is 10.6. The van der Waals surface area contributed by atoms with E-state index in [2.05, 4.69) is 21.4 Å². The monoisotopic (exact) mass is 474 g/mol. The number of aromatic nitrogens is 2. The zero-order valence-corrected chi connectivity index (χ0v) is 19.4. The van der Waals surface area contributed by atoms with Crippen LogP contribution in [-0.2, 0) is 0 Å². The maximum absolute atomic E-state index is 13.7. The summed E-state index contributed by atoms with van der Waals surface area (Å²) in [6.45, 7) is 0. The number of rotatable bonds is 5. The SMILES string of the molecule is CN(C)C(=O)c1cc(N(C)c2ccccn2)cc2c(Nc3ccc(F)c(Cl)c3)c(C#N)cnc12. The number of amides is 1. The molecule has 2 heterocycles. The number of hydrogen-bond acceptors (Lipinski definition) is 6. The number of carbonyl (C=O) groups excluding carboxylic acids is 1. The second kappa shape index (κ2) is 9.33. The van der Waals surface area contributed by atoms with E-state index in [1.165, 1.54) is 29.3 Å². The molecule has 4 rings (SSSR count). The molecule has 0 aliphatic heterocycles. The Labute approximate surface area is 201 Å². The second-order valence-corrected chi connectivity index (χ2v) is 8.16. The van der Waals surface area contributed by atoms with E-state index in [1.54, 1.807) is 26.4 Å². The number of nitriles is 1. The number of hydrogen-bond donors (Lipinski definition) is 1. The summed E-state index contributed by atoms with van der Waals surface area (Å²) in [7, 11) is 5.15. The van der Waals surface area contributed by atoms with E-state index >= 15 is 0 Å². The molecule has 0 unspecified atom stereocenters. The number of anilines is 4. The average Bonchev–Trinajstić information content (AvgIpc) is 2.85. The number of halogens is 2. The third-order valence-electron chi connectivity index (χ3n) is 5.28. The zero-order chi connectivity index (χ0) is 24.4. The van der Waals surface area contributed by atoms with Gasteiger partial charge in [0.1, 0.15) is 17.7 Å². The van der Waals surface area contributed by atoms with Crippen molar-refractivity contribution < 1.29 is 9.18 Å². The Hall–Kier alpha value is -4.22. The molecular weight excluding hydrogens is 455 g/mol. The fourth-order valence-corrected chi connectivity index (χ4v) is 3.69. The first-order chi connectivity index (χ1) is 16.3. The molecule has 0 saturated carbocycles. The molecule has 0 saturated heterocycles. The number of benzene rings is 2. The molecule has 2 aromatic heterocycles. The molecule has 4 aromatic rings. The van der Waals surface area contributed by atoms with Crippen molar-refractivity contribution in [2.24, 2.45) is 0 Å². The van der Waals surface area contributed by atoms with E-state index in [1.807, 2.05) is 36.2 Å². The van der Waals surface area contributed by atoms with Crippen LogP contribution in [0.4, 0.5) is 27.3 Å². The van der Waals surface area contributed by atoms with Crippen LogP contribution in [0.15, 0.2) is 60.9 Å². The van der Waals surface area contributed by atoms with Crippen LogP contribution in [0, 0.1) is 17.1 Å². The third kappa shape index (κ3) is 4.34. The highest BCUT2D eigenvalue weighted by molar-refractivity contribution is 6.31. The van der Waals surface area contributed by atoms with E-state index in [4.69, 9.17) is 11.6 Å². The van der Waals surface area contributed by atoms with Gasteiger partial charge in [0.05, 0.1) is 27.4 Å². The maximum Gasteiger partial charge on any atom is 0.255 e. The van der Waals surface area contributed by atoms with Crippen LogP contribution in [-0.4, -0.2) is 41.9 Å². The molecule has 9 heteroatoms. The maximum atomic E-state index is 13.7. The Morgan fingerprint density at radius 1 is 1.12 bits per heavy atom. The minimum Gasteiger partial charge on any atom is -0.354 e. The molecule has 0 radical (unpaired) electrons. The van der Waals surface area contributed by atoms with Crippen LogP contribution in [0.2, 0.25) is 5.02 Å². The van der Waals surface area contributed by atoms with Crippen molar-refractivity contribution in [2.75, 3.05) is 31.4 Å². The van der Waals surface area contributed by atoms with E-state index in [0.29, 0.717) is 39.3 Å². The average molecular weight is 475 g/mol. The van der Waals surface area contributed by atoms with Crippen molar-refractivity contribution in [1.29, 1.82) is 5.26 Å². The van der Waals surface area contributed by atoms with Crippen LogP contribution in [0.25, 0.3) is 10.9 Å². The lowest BCUT2D eigenvalue weighted by molar-refractivity contribution is 0.0829. The first-order valence-electron chi connectivity index (χ1n) is 10.3. The Morgan fingerprint density at radius 3 is 2.56 bits per heavy atom. The van der Waals surface area contributed by atoms with Gasteiger partial charge in [-0.25, -0.2) is 9.37 Å². The number of fused-ring (bicyclic) bond motifs is 1. The Balaban J connectivity index is 1.98. The summed E-state index contributed by atoms with van der Waals surface area (Å²) in [6.07, 6.45) is 3.09. The van der Waals surface area contributed by atoms with Gasteiger partial charge in [0.15, 0.2) is 0 Å². The molecule has 1 amide bonds. The number of nitrogens with one attached hydrogen (secondary N) is 1. The summed E-state index contributed by atoms with van der Waals surface area (Å²) in [5, 5.41) is 13.4. The highest BCUT2D eigenvalue weighted by atomic mass is 35.5. The lowest BCUT2D eigenvalue weighted by atomic mass is 10.0. The topological polar surface area (TPSA) is 85.2 Å². The van der Waals surface area contributed by atoms with Gasteiger partial charge in [-0.15, -0.1) is 0 Å². The standard InChI is InChI=1S/C25H20ClFN6O/c1-32(2)25(34)19-12-17(33(3)22-6-4-5-9-29-22)11-18-23(15(13-28)14-30-24(18)19)31-16-7-8-21(27)20(26)10-16/h4-12,14H,1-3H3,(H,30,31). The van der Waals surface area contributed by atoms with Crippen molar-refractivity contribution in [1.82, 2.24) is 14.9 Å². The van der Waals surface area contributed by atoms with Crippen LogP contribution in [0.3, 0.4) is 0 Å². The number of nitrogens with zero attached hydrogens (tertiary/aromatic N) is 5. The summed E-state index contributed by atoms with van der Waals surface area (Å²) in [5.41, 5.74) is 2.64. The molecule has 7 nitrogen and oxygen atoms in total. The molecule has 170 valence electrons. The Bertz CT molecular complexity index is 1440. The second-order valence-electron chi connectivity index (χ2n) is 7.75. The molecule has 0 atom stereocenters. The minimum atomic E-state index is -0.551. The molecule has 0 spiro atoms. The quantitative estimate of drug-likeness (QED) is 0.410. The molecule has 0 aliphatic carbocycles. The third-order valence-corrected chi connectivity index (χ3v) is 5.57. The van der Waals surface area contributed by atoms with Crippen LogP contribution >= 0.6 is 11.6 Å². The normalized spacial score (nSPS) is 10.6. The predicted molar refractivity (Wildman–Crippen MR) is 131 cm³/mol. The van der Waals surface area contributed by atoms with Crippen molar-refractivity contribution in [3.8, 4) is 6.07 Å². The molecule has 2 aromatic carbocycles. The molecule has 1 N–H and O–H groups in total. The lowest BCUT2D eigenvalue weighted by Crippen LogP contribution is -2.23. The Kier molecular flexibility index (Phi) is 6.30. The van der Waals surface area contributed by atoms with Crippen molar-refractivity contribution in [3.63, 3.8) is 0 Å². The Morgan fingerprint density at radius 2 is 1.91 bits per heavy atom. The summed E-state index contributed by atoms with van der Waals surface area (Å²) in [5.74, 6) is -0.117. The van der Waals surface area contributed by atoms with Gasteiger partial charge in [0.25, 0.3) is 5.91 Å².